The van der Waals surface area contributed by atoms with Crippen LogP contribution in [0.25, 0.3) is 0 Å². The van der Waals surface area contributed by atoms with Gasteiger partial charge in [-0.2, -0.15) is 0 Å². The minimum absolute atomic E-state index is 0.379. The summed E-state index contributed by atoms with van der Waals surface area (Å²) < 4.78 is 0. The van der Waals surface area contributed by atoms with Gasteiger partial charge in [-0.25, -0.2) is 4.79 Å². The third kappa shape index (κ3) is 3.12. The lowest BCUT2D eigenvalue weighted by molar-refractivity contribution is -0.140. The van der Waals surface area contributed by atoms with Crippen molar-refractivity contribution in [1.82, 2.24) is 0 Å². The second-order valence-corrected chi connectivity index (χ2v) is 4.41. The van der Waals surface area contributed by atoms with Crippen molar-refractivity contribution >= 4 is 23.1 Å². The number of aryl methyl sites for hydroxylation is 1. The Morgan fingerprint density at radius 1 is 1.44 bits per heavy atom. The number of carboxylic acid groups (broad SMARTS) is 1. The Kier molecular flexibility index (Phi) is 4.15. The summed E-state index contributed by atoms with van der Waals surface area (Å²) in [6.45, 7) is 1.43. The van der Waals surface area contributed by atoms with Crippen molar-refractivity contribution < 1.29 is 9.90 Å². The largest absolute Gasteiger partial charge is 0.480 e. The number of hydrogen-bond donors (Lipinski definition) is 2. The minimum Gasteiger partial charge on any atom is -0.480 e. The van der Waals surface area contributed by atoms with Crippen LogP contribution in [-0.4, -0.2) is 21.5 Å². The molecular formula is C12H15NO2S. The molecule has 16 heavy (non-hydrogen) atoms. The van der Waals surface area contributed by atoms with Crippen LogP contribution in [0.3, 0.4) is 0 Å². The summed E-state index contributed by atoms with van der Waals surface area (Å²) in [6.07, 6.45) is 1.23. The van der Waals surface area contributed by atoms with Gasteiger partial charge in [-0.1, -0.05) is 42.5 Å². The molecule has 0 aliphatic carbocycles. The first-order chi connectivity index (χ1) is 7.44. The third-order valence-electron chi connectivity index (χ3n) is 2.51. The van der Waals surface area contributed by atoms with E-state index in [2.05, 4.69) is 0 Å². The van der Waals surface area contributed by atoms with E-state index in [4.69, 9.17) is 23.1 Å². The van der Waals surface area contributed by atoms with E-state index in [0.717, 1.165) is 12.0 Å². The first kappa shape index (κ1) is 12.8. The fraction of sp³-hybridized carbons (Fsp3) is 0.333. The highest BCUT2D eigenvalue weighted by atomic mass is 32.1. The lowest BCUT2D eigenvalue weighted by Gasteiger charge is -2.20. The average molecular weight is 237 g/mol. The van der Waals surface area contributed by atoms with Crippen LogP contribution in [0.1, 0.15) is 18.9 Å². The Balaban J connectivity index is 2.57. The molecule has 0 amide bonds. The second-order valence-electron chi connectivity index (χ2n) is 3.92. The van der Waals surface area contributed by atoms with Crippen molar-refractivity contribution in [2.45, 2.75) is 25.3 Å². The molecule has 3 N–H and O–H groups in total. The van der Waals surface area contributed by atoms with Gasteiger partial charge < -0.3 is 10.8 Å². The maximum absolute atomic E-state index is 10.9. The molecule has 0 spiro atoms. The Bertz CT molecular complexity index is 387. The molecule has 4 heteroatoms. The van der Waals surface area contributed by atoms with Crippen molar-refractivity contribution in [3.63, 3.8) is 0 Å². The molecule has 1 aromatic rings. The van der Waals surface area contributed by atoms with Crippen LogP contribution in [-0.2, 0) is 11.2 Å². The van der Waals surface area contributed by atoms with E-state index in [-0.39, 0.29) is 0 Å². The molecular weight excluding hydrogens is 222 g/mol. The number of nitrogens with two attached hydrogens (primary N) is 1. The molecule has 86 valence electrons. The maximum Gasteiger partial charge on any atom is 0.328 e. The SMILES string of the molecule is CC(N)(C(=O)O)C(=S)CCc1ccccc1. The van der Waals surface area contributed by atoms with Crippen molar-refractivity contribution in [1.29, 1.82) is 0 Å². The fourth-order valence-corrected chi connectivity index (χ4v) is 1.47. The van der Waals surface area contributed by atoms with Crippen LogP contribution in [0.4, 0.5) is 0 Å². The summed E-state index contributed by atoms with van der Waals surface area (Å²) >= 11 is 5.06. The number of carbonyl (C=O) groups is 1. The fourth-order valence-electron chi connectivity index (χ4n) is 1.28. The van der Waals surface area contributed by atoms with E-state index in [9.17, 15) is 4.79 Å². The second kappa shape index (κ2) is 5.18. The van der Waals surface area contributed by atoms with E-state index in [0.29, 0.717) is 11.3 Å². The first-order valence-corrected chi connectivity index (χ1v) is 5.45. The number of thiocarbonyl (C=S) groups is 1. The maximum atomic E-state index is 10.9. The highest BCUT2D eigenvalue weighted by molar-refractivity contribution is 7.80. The smallest absolute Gasteiger partial charge is 0.328 e. The van der Waals surface area contributed by atoms with E-state index < -0.39 is 11.5 Å². The zero-order chi connectivity index (χ0) is 12.2. The van der Waals surface area contributed by atoms with Crippen LogP contribution in [0.5, 0.6) is 0 Å². The molecule has 3 nitrogen and oxygen atoms in total. The average Bonchev–Trinajstić information content (AvgIpc) is 2.27. The van der Waals surface area contributed by atoms with Crippen molar-refractivity contribution in [2.24, 2.45) is 5.73 Å². The van der Waals surface area contributed by atoms with E-state index in [1.54, 1.807) is 0 Å². The Morgan fingerprint density at radius 3 is 2.50 bits per heavy atom. The topological polar surface area (TPSA) is 63.3 Å². The molecule has 0 aliphatic rings. The highest BCUT2D eigenvalue weighted by Gasteiger charge is 2.32. The van der Waals surface area contributed by atoms with Gasteiger partial charge in [0, 0.05) is 4.86 Å². The molecule has 1 unspecified atom stereocenters. The van der Waals surface area contributed by atoms with Crippen LogP contribution >= 0.6 is 12.2 Å². The minimum atomic E-state index is -1.41. The molecule has 0 heterocycles. The molecule has 0 saturated carbocycles. The van der Waals surface area contributed by atoms with Crippen molar-refractivity contribution in [2.75, 3.05) is 0 Å². The predicted molar refractivity (Wildman–Crippen MR) is 67.6 cm³/mol. The van der Waals surface area contributed by atoms with Crippen LogP contribution in [0, 0.1) is 0 Å². The van der Waals surface area contributed by atoms with Gasteiger partial charge in [0.05, 0.1) is 0 Å². The lowest BCUT2D eigenvalue weighted by atomic mass is 9.94. The number of rotatable bonds is 5. The number of benzene rings is 1. The molecule has 0 saturated heterocycles. The van der Waals surface area contributed by atoms with Gasteiger partial charge in [0.2, 0.25) is 0 Å². The van der Waals surface area contributed by atoms with E-state index in [1.165, 1.54) is 6.92 Å². The number of aliphatic carboxylic acids is 1. The Labute approximate surface area is 100 Å². The summed E-state index contributed by atoms with van der Waals surface area (Å²) in [5.41, 5.74) is 5.34. The van der Waals surface area contributed by atoms with Gasteiger partial charge in [-0.3, -0.25) is 0 Å². The van der Waals surface area contributed by atoms with Crippen molar-refractivity contribution in [3.05, 3.63) is 35.9 Å². The van der Waals surface area contributed by atoms with Crippen LogP contribution in [0.2, 0.25) is 0 Å². The third-order valence-corrected chi connectivity index (χ3v) is 3.14. The molecule has 1 aromatic carbocycles. The van der Waals surface area contributed by atoms with Crippen LogP contribution < -0.4 is 5.73 Å². The first-order valence-electron chi connectivity index (χ1n) is 5.04. The normalized spacial score (nSPS) is 14.1. The quantitative estimate of drug-likeness (QED) is 0.766. The van der Waals surface area contributed by atoms with Gasteiger partial charge in [0.1, 0.15) is 5.54 Å². The van der Waals surface area contributed by atoms with Gasteiger partial charge in [0.15, 0.2) is 0 Å². The Morgan fingerprint density at radius 2 is 2.00 bits per heavy atom. The molecule has 0 aromatic heterocycles. The Hall–Kier alpha value is -1.26. The number of carboxylic acids is 1. The highest BCUT2D eigenvalue weighted by Crippen LogP contribution is 2.11. The number of hydrogen-bond acceptors (Lipinski definition) is 3. The van der Waals surface area contributed by atoms with Gasteiger partial charge in [-0.05, 0) is 25.3 Å². The van der Waals surface area contributed by atoms with Crippen LogP contribution in [0.15, 0.2) is 30.3 Å². The van der Waals surface area contributed by atoms with Gasteiger partial charge in [-0.15, -0.1) is 0 Å². The zero-order valence-electron chi connectivity index (χ0n) is 9.14. The van der Waals surface area contributed by atoms with E-state index >= 15 is 0 Å². The molecule has 0 aliphatic heterocycles. The molecule has 0 fully saturated rings. The summed E-state index contributed by atoms with van der Waals surface area (Å²) in [5, 5.41) is 8.90. The van der Waals surface area contributed by atoms with E-state index in [1.807, 2.05) is 30.3 Å². The zero-order valence-corrected chi connectivity index (χ0v) is 9.96. The standard InChI is InChI=1S/C12H15NO2S/c1-12(13,11(14)15)10(16)8-7-9-5-3-2-4-6-9/h2-6H,7-8,13H2,1H3,(H,14,15). The summed E-state index contributed by atoms with van der Waals surface area (Å²) in [7, 11) is 0. The summed E-state index contributed by atoms with van der Waals surface area (Å²) in [5.74, 6) is -1.08. The monoisotopic (exact) mass is 237 g/mol. The molecule has 1 rings (SSSR count). The van der Waals surface area contributed by atoms with Crippen molar-refractivity contribution in [3.8, 4) is 0 Å². The lowest BCUT2D eigenvalue weighted by Crippen LogP contribution is -2.51. The molecule has 1 atom stereocenters. The molecule has 0 bridgehead atoms. The van der Waals surface area contributed by atoms with Gasteiger partial charge >= 0.3 is 5.97 Å². The molecule has 0 radical (unpaired) electrons. The predicted octanol–water partition coefficient (Wildman–Crippen LogP) is 1.79. The summed E-state index contributed by atoms with van der Waals surface area (Å²) in [4.78, 5) is 11.2. The van der Waals surface area contributed by atoms with Gasteiger partial charge in [0.25, 0.3) is 0 Å². The summed E-state index contributed by atoms with van der Waals surface area (Å²) in [6, 6.07) is 9.79.